The number of hydrogen-bond acceptors (Lipinski definition) is 4. The van der Waals surface area contributed by atoms with E-state index in [1.807, 2.05) is 0 Å². The van der Waals surface area contributed by atoms with Crippen molar-refractivity contribution < 1.29 is 30.4 Å². The summed E-state index contributed by atoms with van der Waals surface area (Å²) in [5, 5.41) is 0. The largest absolute Gasteiger partial charge is 2.00 e. The first-order chi connectivity index (χ1) is 1.91. The van der Waals surface area contributed by atoms with Crippen molar-refractivity contribution in [2.75, 3.05) is 13.1 Å². The number of rotatable bonds is 1. The second-order valence-corrected chi connectivity index (χ2v) is 0.577. The molecule has 0 bridgehead atoms. The van der Waals surface area contributed by atoms with Crippen molar-refractivity contribution in [1.82, 2.24) is 0 Å². The van der Waals surface area contributed by atoms with E-state index in [1.165, 1.54) is 0 Å². The fourth-order valence-corrected chi connectivity index (χ4v) is 0. The second-order valence-electron chi connectivity index (χ2n) is 0.577. The summed E-state index contributed by atoms with van der Waals surface area (Å²) in [5.41, 5.74) is 9.81. The van der Waals surface area contributed by atoms with E-state index in [0.717, 1.165) is 0 Å². The van der Waals surface area contributed by atoms with Crippen LogP contribution in [-0.4, -0.2) is 24.0 Å². The predicted molar refractivity (Wildman–Crippen MR) is 22.0 cm³/mol. The Bertz CT molecular complexity index is 15.7. The first-order valence-electron chi connectivity index (χ1n) is 1.32. The smallest absolute Gasteiger partial charge is 0.870 e. The summed E-state index contributed by atoms with van der Waals surface area (Å²) in [6.07, 6.45) is 0. The minimum atomic E-state index is 0. The molecule has 7 heavy (non-hydrogen) atoms. The van der Waals surface area contributed by atoms with E-state index in [4.69, 9.17) is 11.5 Å². The Hall–Kier alpha value is 0.463. The summed E-state index contributed by atoms with van der Waals surface area (Å²) in [7, 11) is 0. The van der Waals surface area contributed by atoms with Crippen molar-refractivity contribution in [2.24, 2.45) is 11.5 Å². The molecule has 5 heteroatoms. The van der Waals surface area contributed by atoms with Crippen LogP contribution < -0.4 is 11.5 Å². The molecule has 0 radical (unpaired) electrons. The summed E-state index contributed by atoms with van der Waals surface area (Å²) in [6.45, 7) is 1.19. The van der Waals surface area contributed by atoms with E-state index < -0.39 is 0 Å². The number of hydrogen-bond donors (Lipinski definition) is 2. The molecular weight excluding hydrogens is 149 g/mol. The van der Waals surface area contributed by atoms with Crippen molar-refractivity contribution >= 4 is 0 Å². The molecule has 0 atom stereocenters. The van der Waals surface area contributed by atoms with Crippen LogP contribution in [0.5, 0.6) is 0 Å². The van der Waals surface area contributed by atoms with Gasteiger partial charge in [-0.3, -0.25) is 0 Å². The molecule has 0 unspecified atom stereocenters. The third-order valence-electron chi connectivity index (χ3n) is 0.167. The van der Waals surface area contributed by atoms with Crippen LogP contribution in [0.4, 0.5) is 0 Å². The Morgan fingerprint density at radius 2 is 1.00 bits per heavy atom. The fraction of sp³-hybridized carbons (Fsp3) is 1.00. The molecule has 0 rings (SSSR count). The van der Waals surface area contributed by atoms with Crippen molar-refractivity contribution in [3.63, 3.8) is 0 Å². The third-order valence-corrected chi connectivity index (χ3v) is 0.167. The molecule has 0 aliphatic carbocycles. The van der Waals surface area contributed by atoms with Gasteiger partial charge in [-0.1, -0.05) is 0 Å². The molecule has 0 saturated carbocycles. The third kappa shape index (κ3) is 60.1. The summed E-state index contributed by atoms with van der Waals surface area (Å²) in [6, 6.07) is 0. The van der Waals surface area contributed by atoms with Gasteiger partial charge in [-0.2, -0.15) is 0 Å². The van der Waals surface area contributed by atoms with Crippen molar-refractivity contribution in [2.45, 2.75) is 0 Å². The van der Waals surface area contributed by atoms with Crippen molar-refractivity contribution in [3.8, 4) is 0 Å². The van der Waals surface area contributed by atoms with Crippen molar-refractivity contribution in [3.05, 3.63) is 0 Å². The average molecular weight is 160 g/mol. The van der Waals surface area contributed by atoms with E-state index in [9.17, 15) is 0 Å². The summed E-state index contributed by atoms with van der Waals surface area (Å²) in [4.78, 5) is 0. The summed E-state index contributed by atoms with van der Waals surface area (Å²) >= 11 is 0. The van der Waals surface area contributed by atoms with Gasteiger partial charge in [0, 0.05) is 13.1 Å². The summed E-state index contributed by atoms with van der Waals surface area (Å²) in [5.74, 6) is 0. The van der Waals surface area contributed by atoms with Gasteiger partial charge in [0.2, 0.25) is 0 Å². The average Bonchev–Trinajstić information content (AvgIpc) is 1.37. The van der Waals surface area contributed by atoms with Crippen LogP contribution >= 0.6 is 0 Å². The minimum absolute atomic E-state index is 0. The molecule has 42 valence electrons. The SMILES string of the molecule is NCCN.[OH-].[OH-].[Zn+2]. The Balaban J connectivity index is -0.0000000150. The van der Waals surface area contributed by atoms with Crippen LogP contribution in [0.2, 0.25) is 0 Å². The molecule has 0 heterocycles. The monoisotopic (exact) mass is 158 g/mol. The standard InChI is InChI=1S/C2H8N2.2H2O.Zn/c3-1-2-4;;;/h1-4H2;2*1H2;/q;;;+2/p-2. The van der Waals surface area contributed by atoms with Gasteiger partial charge >= 0.3 is 19.5 Å². The normalized spacial score (nSPS) is 4.29. The Kier molecular flexibility index (Phi) is 118. The topological polar surface area (TPSA) is 112 Å². The predicted octanol–water partition coefficient (Wildman–Crippen LogP) is -1.45. The molecule has 0 fully saturated rings. The molecule has 0 aromatic heterocycles. The van der Waals surface area contributed by atoms with Gasteiger partial charge in [-0.25, -0.2) is 0 Å². The molecule has 0 saturated heterocycles. The van der Waals surface area contributed by atoms with Crippen LogP contribution in [0.15, 0.2) is 0 Å². The van der Waals surface area contributed by atoms with Crippen LogP contribution in [0.25, 0.3) is 0 Å². The molecule has 4 nitrogen and oxygen atoms in total. The van der Waals surface area contributed by atoms with E-state index in [1.54, 1.807) is 0 Å². The van der Waals surface area contributed by atoms with E-state index >= 15 is 0 Å². The van der Waals surface area contributed by atoms with Gasteiger partial charge in [0.25, 0.3) is 0 Å². The molecule has 6 N–H and O–H groups in total. The van der Waals surface area contributed by atoms with Gasteiger partial charge in [-0.05, 0) is 0 Å². The van der Waals surface area contributed by atoms with Gasteiger partial charge in [-0.15, -0.1) is 0 Å². The maximum Gasteiger partial charge on any atom is 2.00 e. The maximum absolute atomic E-state index is 4.90. The fourth-order valence-electron chi connectivity index (χ4n) is 0. The van der Waals surface area contributed by atoms with Gasteiger partial charge < -0.3 is 22.4 Å². The molecule has 0 aromatic rings. The van der Waals surface area contributed by atoms with Gasteiger partial charge in [0.15, 0.2) is 0 Å². The maximum atomic E-state index is 4.90. The molecule has 0 aliphatic rings. The Labute approximate surface area is 55.6 Å². The quantitative estimate of drug-likeness (QED) is 0.456. The van der Waals surface area contributed by atoms with Crippen molar-refractivity contribution in [1.29, 1.82) is 0 Å². The first-order valence-corrected chi connectivity index (χ1v) is 1.32. The Morgan fingerprint density at radius 3 is 1.00 bits per heavy atom. The molecule has 0 aromatic carbocycles. The molecule has 0 amide bonds. The van der Waals surface area contributed by atoms with E-state index in [0.29, 0.717) is 13.1 Å². The van der Waals surface area contributed by atoms with Crippen LogP contribution in [0.3, 0.4) is 0 Å². The first kappa shape index (κ1) is 26.0. The summed E-state index contributed by atoms with van der Waals surface area (Å²) < 4.78 is 0. The zero-order valence-corrected chi connectivity index (χ0v) is 7.14. The van der Waals surface area contributed by atoms with Crippen LogP contribution in [0.1, 0.15) is 0 Å². The van der Waals surface area contributed by atoms with E-state index in [2.05, 4.69) is 0 Å². The molecule has 0 aliphatic heterocycles. The van der Waals surface area contributed by atoms with Gasteiger partial charge in [0.05, 0.1) is 0 Å². The second kappa shape index (κ2) is 31.8. The van der Waals surface area contributed by atoms with Crippen LogP contribution in [-0.2, 0) is 19.5 Å². The Morgan fingerprint density at radius 1 is 0.857 bits per heavy atom. The van der Waals surface area contributed by atoms with Crippen LogP contribution in [0, 0.1) is 0 Å². The zero-order valence-electron chi connectivity index (χ0n) is 4.17. The van der Waals surface area contributed by atoms with E-state index in [-0.39, 0.29) is 30.4 Å². The molecular formula is C2H10N2O2Zn. The zero-order chi connectivity index (χ0) is 3.41. The van der Waals surface area contributed by atoms with Gasteiger partial charge in [0.1, 0.15) is 0 Å². The number of nitrogens with two attached hydrogens (primary N) is 2. The molecule has 0 spiro atoms. The minimum Gasteiger partial charge on any atom is -0.870 e.